The lowest BCUT2D eigenvalue weighted by Gasteiger charge is -2.48. The predicted octanol–water partition coefficient (Wildman–Crippen LogP) is 1.95. The first-order chi connectivity index (χ1) is 10.8. The number of benzene rings is 1. The van der Waals surface area contributed by atoms with Crippen LogP contribution in [0.5, 0.6) is 11.5 Å². The van der Waals surface area contributed by atoms with Gasteiger partial charge in [0.2, 0.25) is 6.79 Å². The molecular formula is C17H19NO4. The van der Waals surface area contributed by atoms with Crippen molar-refractivity contribution < 1.29 is 18.9 Å². The molecule has 1 spiro atoms. The number of hydrogen-bond donors (Lipinski definition) is 0. The zero-order valence-corrected chi connectivity index (χ0v) is 12.6. The zero-order chi connectivity index (χ0) is 14.5. The highest BCUT2D eigenvalue weighted by molar-refractivity contribution is 5.55. The van der Waals surface area contributed by atoms with Gasteiger partial charge in [-0.2, -0.15) is 0 Å². The minimum atomic E-state index is -0.227. The summed E-state index contributed by atoms with van der Waals surface area (Å²) in [4.78, 5) is 2.51. The van der Waals surface area contributed by atoms with Gasteiger partial charge in [0.25, 0.3) is 0 Å². The molecule has 1 aromatic rings. The highest BCUT2D eigenvalue weighted by Crippen LogP contribution is 2.61. The summed E-state index contributed by atoms with van der Waals surface area (Å²) in [6.07, 6.45) is 3.61. The molecule has 0 radical (unpaired) electrons. The van der Waals surface area contributed by atoms with Gasteiger partial charge in [0.1, 0.15) is 0 Å². The summed E-state index contributed by atoms with van der Waals surface area (Å²) in [5, 5.41) is 0. The molecule has 2 bridgehead atoms. The third-order valence-electron chi connectivity index (χ3n) is 6.44. The van der Waals surface area contributed by atoms with Crippen LogP contribution in [0.3, 0.4) is 0 Å². The Labute approximate surface area is 129 Å². The van der Waals surface area contributed by atoms with Gasteiger partial charge in [0.05, 0.1) is 12.2 Å². The normalized spacial score (nSPS) is 44.0. The molecule has 0 aromatic heterocycles. The predicted molar refractivity (Wildman–Crippen MR) is 77.0 cm³/mol. The fourth-order valence-corrected chi connectivity index (χ4v) is 5.53. The number of hydrogen-bond acceptors (Lipinski definition) is 5. The van der Waals surface area contributed by atoms with Crippen molar-refractivity contribution in [1.29, 1.82) is 0 Å². The Morgan fingerprint density at radius 3 is 2.91 bits per heavy atom. The molecule has 3 fully saturated rings. The van der Waals surface area contributed by atoms with Gasteiger partial charge < -0.3 is 23.8 Å². The van der Waals surface area contributed by atoms with Crippen molar-refractivity contribution in [2.24, 2.45) is 0 Å². The van der Waals surface area contributed by atoms with Gasteiger partial charge in [-0.15, -0.1) is 0 Å². The lowest BCUT2D eigenvalue weighted by atomic mass is 9.62. The largest absolute Gasteiger partial charge is 0.454 e. The van der Waals surface area contributed by atoms with Crippen molar-refractivity contribution >= 4 is 0 Å². The van der Waals surface area contributed by atoms with E-state index in [0.717, 1.165) is 36.4 Å². The molecule has 2 saturated heterocycles. The van der Waals surface area contributed by atoms with Crippen LogP contribution in [0.4, 0.5) is 0 Å². The van der Waals surface area contributed by atoms with Crippen LogP contribution < -0.4 is 9.47 Å². The van der Waals surface area contributed by atoms with E-state index in [2.05, 4.69) is 24.1 Å². The first kappa shape index (κ1) is 12.2. The summed E-state index contributed by atoms with van der Waals surface area (Å²) in [5.41, 5.74) is 2.60. The standard InChI is InChI=1S/C17H19NO4/c1-18-5-4-17-10-7-13-12(19-8-20-13)6-9(10)16-21-11(15(17)22-16)2-3-14(17)18/h6-7,11,14-16H,2-5,8H2,1H3/t11-,14-,15-,16-,17+/m0/s1. The second-order valence-corrected chi connectivity index (χ2v) is 7.22. The topological polar surface area (TPSA) is 40.2 Å². The summed E-state index contributed by atoms with van der Waals surface area (Å²) in [6, 6.07) is 4.84. The average Bonchev–Trinajstić information content (AvgIpc) is 3.21. The van der Waals surface area contributed by atoms with E-state index < -0.39 is 0 Å². The molecule has 4 aliphatic heterocycles. The van der Waals surface area contributed by atoms with Crippen molar-refractivity contribution in [1.82, 2.24) is 4.90 Å². The summed E-state index contributed by atoms with van der Waals surface area (Å²) in [5.74, 6) is 1.70. The maximum atomic E-state index is 6.36. The number of likely N-dealkylation sites (tertiary alicyclic amines) is 1. The molecule has 1 aromatic carbocycles. The van der Waals surface area contributed by atoms with Crippen molar-refractivity contribution in [2.75, 3.05) is 20.4 Å². The highest BCUT2D eigenvalue weighted by atomic mass is 16.7. The minimum absolute atomic E-state index is 0.0565. The molecule has 5 aliphatic rings. The monoisotopic (exact) mass is 301 g/mol. The van der Waals surface area contributed by atoms with Crippen LogP contribution in [0.2, 0.25) is 0 Å². The van der Waals surface area contributed by atoms with E-state index in [1.54, 1.807) is 0 Å². The molecule has 1 saturated carbocycles. The molecule has 5 nitrogen and oxygen atoms in total. The molecule has 0 amide bonds. The fraction of sp³-hybridized carbons (Fsp3) is 0.647. The van der Waals surface area contributed by atoms with Gasteiger partial charge in [-0.3, -0.25) is 0 Å². The molecule has 5 atom stereocenters. The Kier molecular flexibility index (Phi) is 2.09. The Bertz CT molecular complexity index is 677. The van der Waals surface area contributed by atoms with Crippen LogP contribution in [0, 0.1) is 0 Å². The smallest absolute Gasteiger partial charge is 0.231 e. The van der Waals surface area contributed by atoms with Crippen LogP contribution in [0.25, 0.3) is 0 Å². The van der Waals surface area contributed by atoms with E-state index in [0.29, 0.717) is 12.8 Å². The molecule has 5 heteroatoms. The molecule has 0 N–H and O–H groups in total. The Balaban J connectivity index is 1.63. The Morgan fingerprint density at radius 2 is 2.00 bits per heavy atom. The lowest BCUT2D eigenvalue weighted by Crippen LogP contribution is -2.57. The van der Waals surface area contributed by atoms with Gasteiger partial charge in [-0.1, -0.05) is 0 Å². The summed E-state index contributed by atoms with van der Waals surface area (Å²) in [6.45, 7) is 1.43. The molecule has 116 valence electrons. The third kappa shape index (κ3) is 1.21. The first-order valence-corrected chi connectivity index (χ1v) is 8.22. The van der Waals surface area contributed by atoms with Crippen LogP contribution in [0.15, 0.2) is 12.1 Å². The van der Waals surface area contributed by atoms with Crippen molar-refractivity contribution in [2.45, 2.75) is 49.2 Å². The van der Waals surface area contributed by atoms with E-state index in [9.17, 15) is 0 Å². The van der Waals surface area contributed by atoms with Gasteiger partial charge in [-0.05, 0) is 50.6 Å². The number of ether oxygens (including phenoxy) is 4. The number of likely N-dealkylation sites (N-methyl/N-ethyl adjacent to an activating group) is 1. The molecule has 0 unspecified atom stereocenters. The van der Waals surface area contributed by atoms with E-state index in [4.69, 9.17) is 18.9 Å². The summed E-state index contributed by atoms with van der Waals surface area (Å²) < 4.78 is 23.8. The highest BCUT2D eigenvalue weighted by Gasteiger charge is 2.65. The van der Waals surface area contributed by atoms with Crippen molar-refractivity contribution in [3.8, 4) is 11.5 Å². The van der Waals surface area contributed by atoms with Crippen LogP contribution in [-0.4, -0.2) is 43.5 Å². The van der Waals surface area contributed by atoms with Crippen molar-refractivity contribution in [3.63, 3.8) is 0 Å². The van der Waals surface area contributed by atoms with E-state index >= 15 is 0 Å². The maximum absolute atomic E-state index is 6.36. The molecule has 22 heavy (non-hydrogen) atoms. The Hall–Kier alpha value is -1.30. The van der Waals surface area contributed by atoms with Gasteiger partial charge in [0, 0.05) is 17.0 Å². The van der Waals surface area contributed by atoms with Crippen LogP contribution in [0.1, 0.15) is 36.7 Å². The van der Waals surface area contributed by atoms with E-state index in [1.165, 1.54) is 12.0 Å². The lowest BCUT2D eigenvalue weighted by molar-refractivity contribution is -0.0914. The molecule has 4 heterocycles. The zero-order valence-electron chi connectivity index (χ0n) is 12.6. The maximum Gasteiger partial charge on any atom is 0.231 e. The van der Waals surface area contributed by atoms with Gasteiger partial charge in [-0.25, -0.2) is 0 Å². The first-order valence-electron chi connectivity index (χ1n) is 8.22. The van der Waals surface area contributed by atoms with Crippen molar-refractivity contribution in [3.05, 3.63) is 23.3 Å². The molecule has 6 rings (SSSR count). The van der Waals surface area contributed by atoms with Gasteiger partial charge in [0.15, 0.2) is 17.8 Å². The van der Waals surface area contributed by atoms with Gasteiger partial charge >= 0.3 is 0 Å². The number of rotatable bonds is 0. The third-order valence-corrected chi connectivity index (χ3v) is 6.44. The number of nitrogens with zero attached hydrogens (tertiary/aromatic N) is 1. The SMILES string of the molecule is CN1CC[C@@]23c4cc5c(cc4[C@H]4O[C@@H](CC[C@H]12)[C@@H]3O4)OCO5. The quantitative estimate of drug-likeness (QED) is 0.732. The van der Waals surface area contributed by atoms with Crippen LogP contribution in [-0.2, 0) is 14.9 Å². The van der Waals surface area contributed by atoms with E-state index in [1.807, 2.05) is 0 Å². The minimum Gasteiger partial charge on any atom is -0.454 e. The van der Waals surface area contributed by atoms with Crippen LogP contribution >= 0.6 is 0 Å². The second kappa shape index (κ2) is 3.78. The fourth-order valence-electron chi connectivity index (χ4n) is 5.53. The molecule has 1 aliphatic carbocycles. The number of fused-ring (bicyclic) bond motifs is 4. The molecular weight excluding hydrogens is 282 g/mol. The second-order valence-electron chi connectivity index (χ2n) is 7.22. The summed E-state index contributed by atoms with van der Waals surface area (Å²) >= 11 is 0. The summed E-state index contributed by atoms with van der Waals surface area (Å²) in [7, 11) is 2.24. The Morgan fingerprint density at radius 1 is 1.14 bits per heavy atom. The van der Waals surface area contributed by atoms with E-state index in [-0.39, 0.29) is 23.9 Å². The average molecular weight is 301 g/mol.